The van der Waals surface area contributed by atoms with E-state index in [1.54, 1.807) is 36.5 Å². The van der Waals surface area contributed by atoms with E-state index in [0.717, 1.165) is 0 Å². The van der Waals surface area contributed by atoms with Gasteiger partial charge in [-0.1, -0.05) is 30.3 Å². The Labute approximate surface area is 213 Å². The Kier molecular flexibility index (Phi) is 5.35. The van der Waals surface area contributed by atoms with E-state index in [4.69, 9.17) is 4.84 Å². The van der Waals surface area contributed by atoms with Crippen LogP contribution in [0.3, 0.4) is 0 Å². The number of fused-ring (bicyclic) bond motifs is 7. The van der Waals surface area contributed by atoms with Gasteiger partial charge in [-0.2, -0.15) is 0 Å². The zero-order valence-electron chi connectivity index (χ0n) is 20.3. The van der Waals surface area contributed by atoms with Crippen molar-refractivity contribution in [1.82, 2.24) is 4.98 Å². The predicted molar refractivity (Wildman–Crippen MR) is 131 cm³/mol. The third-order valence-electron chi connectivity index (χ3n) is 10.1. The number of aromatic nitrogens is 1. The number of hydrogen-bond donors (Lipinski definition) is 1. The van der Waals surface area contributed by atoms with E-state index < -0.39 is 45.2 Å². The van der Waals surface area contributed by atoms with Crippen molar-refractivity contribution >= 4 is 28.3 Å². The van der Waals surface area contributed by atoms with Crippen molar-refractivity contribution in [2.45, 2.75) is 56.9 Å². The summed E-state index contributed by atoms with van der Waals surface area (Å²) in [6, 6.07) is 2.73. The minimum absolute atomic E-state index is 0.00525. The van der Waals surface area contributed by atoms with E-state index in [9.17, 15) is 19.1 Å². The number of halogens is 2. The van der Waals surface area contributed by atoms with Gasteiger partial charge in [-0.15, -0.1) is 0 Å². The molecule has 4 aliphatic carbocycles. The molecule has 9 heteroatoms. The maximum absolute atomic E-state index is 17.4. The van der Waals surface area contributed by atoms with Crippen LogP contribution < -0.4 is 5.06 Å². The molecule has 2 heterocycles. The number of rotatable bonds is 3. The van der Waals surface area contributed by atoms with Crippen molar-refractivity contribution in [3.8, 4) is 0 Å². The number of alkyl halides is 2. The molecule has 1 aromatic rings. The van der Waals surface area contributed by atoms with Gasteiger partial charge in [0.15, 0.2) is 17.1 Å². The topological polar surface area (TPSA) is 79.7 Å². The SMILES string of the molecule is C[C@]12C=CC(=O)C=C1CC[C@H]1[C@@H]3C[C@H]4CN(c5cccnc5)O[C@@]4(C(=O)SCF)[C@@]3(C)C[C@H](O)[C@@]12F. The molecule has 5 aliphatic rings. The van der Waals surface area contributed by atoms with Crippen LogP contribution in [0, 0.1) is 28.6 Å². The molecule has 192 valence electrons. The molecule has 0 radical (unpaired) electrons. The molecule has 0 unspecified atom stereocenters. The lowest BCUT2D eigenvalue weighted by molar-refractivity contribution is -0.220. The highest BCUT2D eigenvalue weighted by molar-refractivity contribution is 8.13. The molecule has 0 bridgehead atoms. The Morgan fingerprint density at radius 2 is 2.17 bits per heavy atom. The summed E-state index contributed by atoms with van der Waals surface area (Å²) in [5, 5.41) is 12.8. The van der Waals surface area contributed by atoms with Crippen LogP contribution in [0.5, 0.6) is 0 Å². The first-order valence-corrected chi connectivity index (χ1v) is 13.5. The van der Waals surface area contributed by atoms with Gasteiger partial charge >= 0.3 is 0 Å². The predicted octanol–water partition coefficient (Wildman–Crippen LogP) is 4.36. The number of ketones is 1. The summed E-state index contributed by atoms with van der Waals surface area (Å²) >= 11 is 0.589. The minimum Gasteiger partial charge on any atom is -0.390 e. The molecule has 6 rings (SSSR count). The van der Waals surface area contributed by atoms with E-state index in [1.807, 2.05) is 13.0 Å². The zero-order chi connectivity index (χ0) is 25.5. The number of thioether (sulfide) groups is 1. The summed E-state index contributed by atoms with van der Waals surface area (Å²) in [4.78, 5) is 36.4. The normalized spacial score (nSPS) is 45.0. The summed E-state index contributed by atoms with van der Waals surface area (Å²) in [6.45, 7) is 4.09. The second kappa shape index (κ2) is 7.95. The Balaban J connectivity index is 1.44. The number of anilines is 1. The fourth-order valence-corrected chi connectivity index (χ4v) is 9.16. The Bertz CT molecular complexity index is 1180. The van der Waals surface area contributed by atoms with Gasteiger partial charge in [-0.05, 0) is 62.8 Å². The molecule has 1 saturated heterocycles. The lowest BCUT2D eigenvalue weighted by atomic mass is 9.45. The molecular formula is C27H30F2N2O4S. The van der Waals surface area contributed by atoms with Crippen molar-refractivity contribution in [3.63, 3.8) is 0 Å². The first kappa shape index (κ1) is 24.2. The summed E-state index contributed by atoms with van der Waals surface area (Å²) in [7, 11) is 0. The van der Waals surface area contributed by atoms with Crippen LogP contribution in [0.2, 0.25) is 0 Å². The summed E-state index contributed by atoms with van der Waals surface area (Å²) in [6.07, 6.45) is 8.01. The average Bonchev–Trinajstić information content (AvgIpc) is 3.35. The molecule has 1 N–H and O–H groups in total. The molecular weight excluding hydrogens is 486 g/mol. The number of carbonyl (C=O) groups is 2. The smallest absolute Gasteiger partial charge is 0.226 e. The molecule has 8 atom stereocenters. The number of pyridine rings is 1. The van der Waals surface area contributed by atoms with Gasteiger partial charge in [0.2, 0.25) is 5.12 Å². The maximum atomic E-state index is 17.4. The van der Waals surface area contributed by atoms with Gasteiger partial charge < -0.3 is 5.11 Å². The van der Waals surface area contributed by atoms with Gasteiger partial charge in [0.1, 0.15) is 6.01 Å². The highest BCUT2D eigenvalue weighted by Gasteiger charge is 2.79. The van der Waals surface area contributed by atoms with Gasteiger partial charge in [-0.25, -0.2) is 8.78 Å². The third kappa shape index (κ3) is 2.82. The average molecular weight is 517 g/mol. The molecule has 4 fully saturated rings. The molecule has 6 nitrogen and oxygen atoms in total. The summed E-state index contributed by atoms with van der Waals surface area (Å²) in [5.74, 6) is -1.23. The second-order valence-corrected chi connectivity index (χ2v) is 12.2. The monoisotopic (exact) mass is 516 g/mol. The molecule has 0 amide bonds. The largest absolute Gasteiger partial charge is 0.390 e. The van der Waals surface area contributed by atoms with Crippen LogP contribution in [0.4, 0.5) is 14.5 Å². The van der Waals surface area contributed by atoms with Crippen LogP contribution in [0.1, 0.15) is 39.5 Å². The van der Waals surface area contributed by atoms with E-state index in [0.29, 0.717) is 48.8 Å². The van der Waals surface area contributed by atoms with Gasteiger partial charge in [-0.3, -0.25) is 24.5 Å². The lowest BCUT2D eigenvalue weighted by Crippen LogP contribution is -2.69. The molecule has 0 aromatic carbocycles. The number of hydroxylamine groups is 1. The van der Waals surface area contributed by atoms with E-state index in [2.05, 4.69) is 4.98 Å². The number of aliphatic hydroxyl groups excluding tert-OH is 1. The first-order valence-electron chi connectivity index (χ1n) is 12.5. The number of carbonyl (C=O) groups excluding carboxylic acids is 2. The van der Waals surface area contributed by atoms with E-state index in [1.165, 1.54) is 12.2 Å². The standard InChI is InChI=1S/C27H30F2N2O4S/c1-24-8-7-19(32)10-16(24)5-6-20-21-11-17-14-31(18-4-3-9-30-13-18)35-27(17,23(34)36-15-28)25(21,2)12-22(33)26(20,24)29/h3-4,7-10,13,17,20-22,33H,5-6,11-12,14-15H2,1-2H3/t17-,20-,21-,22-,24-,25-,26-,27-/m0/s1. The van der Waals surface area contributed by atoms with E-state index >= 15 is 4.39 Å². The van der Waals surface area contributed by atoms with Crippen LogP contribution in [-0.4, -0.2) is 50.9 Å². The van der Waals surface area contributed by atoms with Gasteiger partial charge in [0.25, 0.3) is 0 Å². The third-order valence-corrected chi connectivity index (χ3v) is 10.7. The quantitative estimate of drug-likeness (QED) is 0.640. The highest BCUT2D eigenvalue weighted by atomic mass is 32.2. The summed E-state index contributed by atoms with van der Waals surface area (Å²) in [5.41, 5.74) is -3.97. The van der Waals surface area contributed by atoms with Crippen molar-refractivity contribution in [1.29, 1.82) is 0 Å². The minimum atomic E-state index is -1.99. The van der Waals surface area contributed by atoms with Crippen molar-refractivity contribution in [2.75, 3.05) is 17.6 Å². The molecule has 1 aromatic heterocycles. The Morgan fingerprint density at radius 3 is 2.89 bits per heavy atom. The number of allylic oxidation sites excluding steroid dienone is 4. The Hall–Kier alpha value is -2.10. The van der Waals surface area contributed by atoms with Crippen LogP contribution >= 0.6 is 11.8 Å². The maximum Gasteiger partial charge on any atom is 0.226 e. The Morgan fingerprint density at radius 1 is 1.36 bits per heavy atom. The zero-order valence-corrected chi connectivity index (χ0v) is 21.1. The van der Waals surface area contributed by atoms with Crippen molar-refractivity contribution < 1.29 is 28.3 Å². The van der Waals surface area contributed by atoms with E-state index in [-0.39, 0.29) is 24.0 Å². The van der Waals surface area contributed by atoms with Crippen LogP contribution in [0.15, 0.2) is 48.3 Å². The summed E-state index contributed by atoms with van der Waals surface area (Å²) < 4.78 is 30.9. The lowest BCUT2D eigenvalue weighted by Gasteiger charge is -2.62. The fourth-order valence-electron chi connectivity index (χ4n) is 8.41. The fraction of sp³-hybridized carbons (Fsp3) is 0.593. The molecule has 3 saturated carbocycles. The molecule has 0 spiro atoms. The van der Waals surface area contributed by atoms with Crippen LogP contribution in [0.25, 0.3) is 0 Å². The van der Waals surface area contributed by atoms with Crippen molar-refractivity contribution in [3.05, 3.63) is 48.3 Å². The number of hydrogen-bond acceptors (Lipinski definition) is 7. The highest BCUT2D eigenvalue weighted by Crippen LogP contribution is 2.73. The molecule has 1 aliphatic heterocycles. The van der Waals surface area contributed by atoms with Gasteiger partial charge in [0.05, 0.1) is 24.5 Å². The van der Waals surface area contributed by atoms with Crippen molar-refractivity contribution in [2.24, 2.45) is 28.6 Å². The second-order valence-electron chi connectivity index (χ2n) is 11.3. The first-order chi connectivity index (χ1) is 17.1. The van der Waals surface area contributed by atoms with Crippen LogP contribution in [-0.2, 0) is 14.4 Å². The number of aliphatic hydroxyl groups is 1. The number of nitrogens with zero attached hydrogens (tertiary/aromatic N) is 2. The molecule has 36 heavy (non-hydrogen) atoms. The van der Waals surface area contributed by atoms with Gasteiger partial charge in [0, 0.05) is 28.9 Å².